The number of anilines is 2. The fourth-order valence-corrected chi connectivity index (χ4v) is 1.86. The lowest BCUT2D eigenvalue weighted by Crippen LogP contribution is -2.38. The predicted octanol–water partition coefficient (Wildman–Crippen LogP) is 2.47. The van der Waals surface area contributed by atoms with Gasteiger partial charge in [-0.2, -0.15) is 0 Å². The number of nitrogens with zero attached hydrogens (tertiary/aromatic N) is 1. The molecule has 2 rings (SSSR count). The number of rotatable bonds is 1. The fraction of sp³-hybridized carbons (Fsp3) is 0.455. The molecule has 0 fully saturated rings. The third-order valence-electron chi connectivity index (χ3n) is 2.56. The van der Waals surface area contributed by atoms with Gasteiger partial charge < -0.3 is 10.2 Å². The number of hydrogen-bond acceptors (Lipinski definition) is 2. The summed E-state index contributed by atoms with van der Waals surface area (Å²) in [4.78, 5) is 2.22. The van der Waals surface area contributed by atoms with Gasteiger partial charge in [0.1, 0.15) is 5.82 Å². The number of benzene rings is 1. The predicted molar refractivity (Wildman–Crippen MR) is 57.4 cm³/mol. The molecule has 0 atom stereocenters. The van der Waals surface area contributed by atoms with E-state index in [2.05, 4.69) is 24.1 Å². The summed E-state index contributed by atoms with van der Waals surface area (Å²) >= 11 is 0. The summed E-state index contributed by atoms with van der Waals surface area (Å²) in [7, 11) is 0. The molecule has 1 N–H and O–H groups in total. The molecule has 0 saturated heterocycles. The first kappa shape index (κ1) is 9.31. The van der Waals surface area contributed by atoms with Crippen LogP contribution in [0, 0.1) is 5.82 Å². The van der Waals surface area contributed by atoms with Crippen molar-refractivity contribution in [3.8, 4) is 0 Å². The van der Waals surface area contributed by atoms with Gasteiger partial charge >= 0.3 is 0 Å². The van der Waals surface area contributed by atoms with Crippen molar-refractivity contribution >= 4 is 11.4 Å². The molecule has 0 spiro atoms. The molecule has 0 radical (unpaired) electrons. The first-order valence-electron chi connectivity index (χ1n) is 4.98. The summed E-state index contributed by atoms with van der Waals surface area (Å²) in [6.45, 7) is 6.12. The van der Waals surface area contributed by atoms with Crippen LogP contribution in [-0.4, -0.2) is 19.1 Å². The van der Waals surface area contributed by atoms with E-state index in [0.717, 1.165) is 24.5 Å². The Hall–Kier alpha value is -1.25. The van der Waals surface area contributed by atoms with E-state index in [1.807, 2.05) is 0 Å². The zero-order valence-electron chi connectivity index (χ0n) is 8.55. The van der Waals surface area contributed by atoms with Crippen LogP contribution in [0.25, 0.3) is 0 Å². The first-order valence-corrected chi connectivity index (χ1v) is 4.98. The SMILES string of the molecule is CC(C)N1CCNc2ccc(F)cc21. The zero-order chi connectivity index (χ0) is 10.1. The molecule has 0 unspecified atom stereocenters. The highest BCUT2D eigenvalue weighted by molar-refractivity contribution is 5.72. The van der Waals surface area contributed by atoms with Crippen molar-refractivity contribution in [2.24, 2.45) is 0 Å². The number of fused-ring (bicyclic) bond motifs is 1. The summed E-state index contributed by atoms with van der Waals surface area (Å²) in [5.41, 5.74) is 2.01. The Balaban J connectivity index is 2.41. The summed E-state index contributed by atoms with van der Waals surface area (Å²) in [6, 6.07) is 5.31. The molecule has 14 heavy (non-hydrogen) atoms. The lowest BCUT2D eigenvalue weighted by Gasteiger charge is -2.35. The van der Waals surface area contributed by atoms with E-state index in [1.54, 1.807) is 12.1 Å². The van der Waals surface area contributed by atoms with Crippen molar-refractivity contribution in [2.75, 3.05) is 23.3 Å². The van der Waals surface area contributed by atoms with Gasteiger partial charge in [-0.25, -0.2) is 4.39 Å². The number of nitrogens with one attached hydrogen (secondary N) is 1. The maximum absolute atomic E-state index is 13.1. The third kappa shape index (κ3) is 1.54. The Morgan fingerprint density at radius 2 is 2.21 bits per heavy atom. The van der Waals surface area contributed by atoms with Gasteiger partial charge in [-0.15, -0.1) is 0 Å². The minimum atomic E-state index is -0.168. The second-order valence-electron chi connectivity index (χ2n) is 3.88. The van der Waals surface area contributed by atoms with Crippen LogP contribution in [0.4, 0.5) is 15.8 Å². The van der Waals surface area contributed by atoms with Crippen LogP contribution in [0.2, 0.25) is 0 Å². The summed E-state index contributed by atoms with van der Waals surface area (Å²) in [6.07, 6.45) is 0. The van der Waals surface area contributed by atoms with Gasteiger partial charge in [0.15, 0.2) is 0 Å². The largest absolute Gasteiger partial charge is 0.382 e. The van der Waals surface area contributed by atoms with Crippen LogP contribution in [0.3, 0.4) is 0 Å². The van der Waals surface area contributed by atoms with Crippen molar-refractivity contribution in [1.82, 2.24) is 0 Å². The van der Waals surface area contributed by atoms with E-state index in [4.69, 9.17) is 0 Å². The zero-order valence-corrected chi connectivity index (χ0v) is 8.55. The van der Waals surface area contributed by atoms with Crippen LogP contribution in [0.15, 0.2) is 18.2 Å². The Morgan fingerprint density at radius 1 is 1.43 bits per heavy atom. The Kier molecular flexibility index (Phi) is 2.32. The second-order valence-corrected chi connectivity index (χ2v) is 3.88. The Morgan fingerprint density at radius 3 is 2.93 bits per heavy atom. The quantitative estimate of drug-likeness (QED) is 0.738. The van der Waals surface area contributed by atoms with Gasteiger partial charge in [0.25, 0.3) is 0 Å². The van der Waals surface area contributed by atoms with Gasteiger partial charge in [-0.05, 0) is 32.0 Å². The molecule has 76 valence electrons. The molecule has 1 aliphatic rings. The van der Waals surface area contributed by atoms with Crippen LogP contribution >= 0.6 is 0 Å². The molecular formula is C11H15FN2. The highest BCUT2D eigenvalue weighted by atomic mass is 19.1. The Bertz CT molecular complexity index is 336. The van der Waals surface area contributed by atoms with Crippen molar-refractivity contribution in [3.05, 3.63) is 24.0 Å². The van der Waals surface area contributed by atoms with Crippen molar-refractivity contribution in [2.45, 2.75) is 19.9 Å². The molecule has 0 saturated carbocycles. The van der Waals surface area contributed by atoms with Gasteiger partial charge in [0.05, 0.1) is 11.4 Å². The molecule has 1 aliphatic heterocycles. The molecule has 1 aromatic rings. The smallest absolute Gasteiger partial charge is 0.125 e. The molecule has 0 bridgehead atoms. The van der Waals surface area contributed by atoms with E-state index in [1.165, 1.54) is 6.07 Å². The molecule has 3 heteroatoms. The lowest BCUT2D eigenvalue weighted by atomic mass is 10.1. The normalized spacial score (nSPS) is 15.3. The van der Waals surface area contributed by atoms with Gasteiger partial charge in [-0.1, -0.05) is 0 Å². The van der Waals surface area contributed by atoms with E-state index in [0.29, 0.717) is 6.04 Å². The van der Waals surface area contributed by atoms with Gasteiger partial charge in [-0.3, -0.25) is 0 Å². The van der Waals surface area contributed by atoms with E-state index >= 15 is 0 Å². The molecule has 0 aliphatic carbocycles. The third-order valence-corrected chi connectivity index (χ3v) is 2.56. The highest BCUT2D eigenvalue weighted by Crippen LogP contribution is 2.30. The lowest BCUT2D eigenvalue weighted by molar-refractivity contribution is 0.621. The van der Waals surface area contributed by atoms with Crippen LogP contribution < -0.4 is 10.2 Å². The fourth-order valence-electron chi connectivity index (χ4n) is 1.86. The van der Waals surface area contributed by atoms with Crippen LogP contribution in [0.5, 0.6) is 0 Å². The van der Waals surface area contributed by atoms with Crippen molar-refractivity contribution in [3.63, 3.8) is 0 Å². The van der Waals surface area contributed by atoms with E-state index in [9.17, 15) is 4.39 Å². The minimum Gasteiger partial charge on any atom is -0.382 e. The molecule has 0 amide bonds. The minimum absolute atomic E-state index is 0.168. The topological polar surface area (TPSA) is 15.3 Å². The van der Waals surface area contributed by atoms with E-state index in [-0.39, 0.29) is 5.82 Å². The summed E-state index contributed by atoms with van der Waals surface area (Å²) < 4.78 is 13.1. The molecule has 0 aromatic heterocycles. The van der Waals surface area contributed by atoms with Gasteiger partial charge in [0.2, 0.25) is 0 Å². The maximum atomic E-state index is 13.1. The summed E-state index contributed by atoms with van der Waals surface area (Å²) in [5.74, 6) is -0.168. The van der Waals surface area contributed by atoms with Crippen LogP contribution in [-0.2, 0) is 0 Å². The first-order chi connectivity index (χ1) is 6.68. The standard InChI is InChI=1S/C11H15FN2/c1-8(2)14-6-5-13-10-4-3-9(12)7-11(10)14/h3-4,7-8,13H,5-6H2,1-2H3. The molecule has 2 nitrogen and oxygen atoms in total. The highest BCUT2D eigenvalue weighted by Gasteiger charge is 2.18. The second kappa shape index (κ2) is 3.48. The average Bonchev–Trinajstić information content (AvgIpc) is 2.16. The van der Waals surface area contributed by atoms with E-state index < -0.39 is 0 Å². The number of halogens is 1. The van der Waals surface area contributed by atoms with Crippen LogP contribution in [0.1, 0.15) is 13.8 Å². The monoisotopic (exact) mass is 194 g/mol. The molecule has 1 heterocycles. The average molecular weight is 194 g/mol. The van der Waals surface area contributed by atoms with Crippen molar-refractivity contribution < 1.29 is 4.39 Å². The maximum Gasteiger partial charge on any atom is 0.125 e. The summed E-state index contributed by atoms with van der Waals surface area (Å²) in [5, 5.41) is 3.27. The van der Waals surface area contributed by atoms with Crippen molar-refractivity contribution in [1.29, 1.82) is 0 Å². The molecule has 1 aromatic carbocycles. The number of hydrogen-bond donors (Lipinski definition) is 1. The molecular weight excluding hydrogens is 179 g/mol. The van der Waals surface area contributed by atoms with Gasteiger partial charge in [0, 0.05) is 19.1 Å². The Labute approximate surface area is 83.7 Å².